The van der Waals surface area contributed by atoms with Crippen LogP contribution in [0.3, 0.4) is 0 Å². The number of rotatable bonds is 6. The highest BCUT2D eigenvalue weighted by molar-refractivity contribution is 6.00. The molecule has 0 aliphatic carbocycles. The van der Waals surface area contributed by atoms with Crippen LogP contribution in [0.1, 0.15) is 40.9 Å². The standard InChI is InChI=1S/C26H33N3O6/c1-33-19-9-7-18(8-10-19)17-27-13-11-20-24(22(34-2)16-23(30)28(20)15-14-27)25(31)29-12-5-4-6-21(29)26(32)35-3/h7-10,16,21H,4-6,11-15,17H2,1-3H3. The molecule has 0 radical (unpaired) electrons. The minimum atomic E-state index is -0.629. The van der Waals surface area contributed by atoms with Crippen LogP contribution in [0.2, 0.25) is 0 Å². The smallest absolute Gasteiger partial charge is 0.328 e. The van der Waals surface area contributed by atoms with E-state index in [1.54, 1.807) is 16.6 Å². The number of piperidine rings is 1. The lowest BCUT2D eigenvalue weighted by molar-refractivity contribution is -0.147. The van der Waals surface area contributed by atoms with Crippen molar-refractivity contribution in [2.75, 3.05) is 41.0 Å². The van der Waals surface area contributed by atoms with Crippen LogP contribution in [0.15, 0.2) is 35.1 Å². The molecule has 0 spiro atoms. The van der Waals surface area contributed by atoms with Crippen molar-refractivity contribution in [1.29, 1.82) is 0 Å². The molecule has 1 aromatic heterocycles. The van der Waals surface area contributed by atoms with Gasteiger partial charge in [-0.25, -0.2) is 4.79 Å². The van der Waals surface area contributed by atoms with Crippen molar-refractivity contribution < 1.29 is 23.8 Å². The fourth-order valence-corrected chi connectivity index (χ4v) is 5.03. The zero-order valence-corrected chi connectivity index (χ0v) is 20.6. The topological polar surface area (TPSA) is 90.3 Å². The van der Waals surface area contributed by atoms with Crippen LogP contribution >= 0.6 is 0 Å². The molecule has 2 aliphatic heterocycles. The molecule has 35 heavy (non-hydrogen) atoms. The van der Waals surface area contributed by atoms with E-state index in [-0.39, 0.29) is 17.2 Å². The fourth-order valence-electron chi connectivity index (χ4n) is 5.03. The van der Waals surface area contributed by atoms with Gasteiger partial charge in [-0.15, -0.1) is 0 Å². The highest BCUT2D eigenvalue weighted by Crippen LogP contribution is 2.28. The maximum absolute atomic E-state index is 13.8. The van der Waals surface area contributed by atoms with Gasteiger partial charge in [0.1, 0.15) is 23.1 Å². The van der Waals surface area contributed by atoms with Gasteiger partial charge in [-0.2, -0.15) is 0 Å². The Morgan fingerprint density at radius 2 is 1.74 bits per heavy atom. The Labute approximate surface area is 205 Å². The molecular formula is C26H33N3O6. The van der Waals surface area contributed by atoms with Gasteiger partial charge in [0.25, 0.3) is 11.5 Å². The third-order valence-electron chi connectivity index (χ3n) is 6.92. The molecule has 4 rings (SSSR count). The molecule has 2 aliphatic rings. The van der Waals surface area contributed by atoms with Crippen molar-refractivity contribution in [3.63, 3.8) is 0 Å². The van der Waals surface area contributed by atoms with Gasteiger partial charge < -0.3 is 23.7 Å². The van der Waals surface area contributed by atoms with E-state index in [0.717, 1.165) is 30.7 Å². The van der Waals surface area contributed by atoms with E-state index < -0.39 is 12.0 Å². The van der Waals surface area contributed by atoms with Crippen LogP contribution in [0.4, 0.5) is 0 Å². The second-order valence-electron chi connectivity index (χ2n) is 8.93. The van der Waals surface area contributed by atoms with Gasteiger partial charge in [0.2, 0.25) is 0 Å². The van der Waals surface area contributed by atoms with Gasteiger partial charge in [0.15, 0.2) is 0 Å². The molecule has 3 heterocycles. The number of hydrogen-bond acceptors (Lipinski definition) is 7. The summed E-state index contributed by atoms with van der Waals surface area (Å²) in [6.45, 7) is 3.01. The summed E-state index contributed by atoms with van der Waals surface area (Å²) in [6, 6.07) is 8.69. The Morgan fingerprint density at radius 3 is 2.43 bits per heavy atom. The van der Waals surface area contributed by atoms with Gasteiger partial charge in [-0.3, -0.25) is 14.5 Å². The van der Waals surface area contributed by atoms with Gasteiger partial charge >= 0.3 is 5.97 Å². The number of methoxy groups -OCH3 is 3. The molecule has 1 amide bonds. The first-order chi connectivity index (χ1) is 17.0. The van der Waals surface area contributed by atoms with E-state index in [9.17, 15) is 14.4 Å². The van der Waals surface area contributed by atoms with Crippen molar-refractivity contribution in [2.45, 2.75) is 44.8 Å². The van der Waals surface area contributed by atoms with Crippen molar-refractivity contribution in [2.24, 2.45) is 0 Å². The van der Waals surface area contributed by atoms with Gasteiger partial charge in [-0.05, 0) is 37.0 Å². The molecule has 1 unspecified atom stereocenters. The first kappa shape index (κ1) is 24.8. The average Bonchev–Trinajstić information content (AvgIpc) is 3.11. The van der Waals surface area contributed by atoms with Crippen molar-refractivity contribution in [1.82, 2.24) is 14.4 Å². The Balaban J connectivity index is 1.63. The molecule has 188 valence electrons. The zero-order valence-electron chi connectivity index (χ0n) is 20.6. The maximum atomic E-state index is 13.8. The first-order valence-corrected chi connectivity index (χ1v) is 12.0. The van der Waals surface area contributed by atoms with E-state index in [1.165, 1.54) is 20.3 Å². The third-order valence-corrected chi connectivity index (χ3v) is 6.92. The van der Waals surface area contributed by atoms with Crippen LogP contribution in [0, 0.1) is 0 Å². The number of benzene rings is 1. The van der Waals surface area contributed by atoms with Crippen molar-refractivity contribution >= 4 is 11.9 Å². The predicted octanol–water partition coefficient (Wildman–Crippen LogP) is 2.09. The first-order valence-electron chi connectivity index (χ1n) is 12.0. The molecule has 1 atom stereocenters. The summed E-state index contributed by atoms with van der Waals surface area (Å²) >= 11 is 0. The van der Waals surface area contributed by atoms with Gasteiger partial charge in [0.05, 0.1) is 21.3 Å². The molecule has 0 N–H and O–H groups in total. The fraction of sp³-hybridized carbons (Fsp3) is 0.500. The minimum absolute atomic E-state index is 0.192. The number of ether oxygens (including phenoxy) is 3. The Kier molecular flexibility index (Phi) is 7.75. The average molecular weight is 484 g/mol. The van der Waals surface area contributed by atoms with Crippen LogP contribution < -0.4 is 15.0 Å². The number of likely N-dealkylation sites (tertiary alicyclic amines) is 1. The third kappa shape index (κ3) is 5.19. The summed E-state index contributed by atoms with van der Waals surface area (Å²) in [6.07, 6.45) is 2.74. The normalized spacial score (nSPS) is 18.4. The van der Waals surface area contributed by atoms with Crippen molar-refractivity contribution in [3.05, 3.63) is 57.5 Å². The summed E-state index contributed by atoms with van der Waals surface area (Å²) in [7, 11) is 4.44. The molecule has 1 fully saturated rings. The molecule has 2 aromatic rings. The number of pyridine rings is 1. The second-order valence-corrected chi connectivity index (χ2v) is 8.93. The lowest BCUT2D eigenvalue weighted by Crippen LogP contribution is -2.49. The summed E-state index contributed by atoms with van der Waals surface area (Å²) in [4.78, 5) is 43.0. The number of carbonyl (C=O) groups is 2. The summed E-state index contributed by atoms with van der Waals surface area (Å²) in [5.41, 5.74) is 1.98. The van der Waals surface area contributed by atoms with Crippen LogP contribution in [0.5, 0.6) is 11.5 Å². The second kappa shape index (κ2) is 10.9. The quantitative estimate of drug-likeness (QED) is 0.581. The number of hydrogen-bond donors (Lipinski definition) is 0. The van der Waals surface area contributed by atoms with Gasteiger partial charge in [0, 0.05) is 50.9 Å². The summed E-state index contributed by atoms with van der Waals surface area (Å²) in [5, 5.41) is 0. The Hall–Kier alpha value is -3.33. The van der Waals surface area contributed by atoms with E-state index in [1.807, 2.05) is 24.3 Å². The van der Waals surface area contributed by atoms with Crippen LogP contribution in [-0.2, 0) is 29.0 Å². The SMILES string of the molecule is COC(=O)C1CCCCN1C(=O)c1c(OC)cc(=O)n2c1CCN(Cc1ccc(OC)cc1)CC2. The number of fused-ring (bicyclic) bond motifs is 1. The number of esters is 1. The molecule has 9 heteroatoms. The molecule has 1 saturated heterocycles. The van der Waals surface area contributed by atoms with Gasteiger partial charge in [-0.1, -0.05) is 12.1 Å². The van der Waals surface area contributed by atoms with Crippen molar-refractivity contribution in [3.8, 4) is 11.5 Å². The summed E-state index contributed by atoms with van der Waals surface area (Å²) < 4.78 is 17.4. The van der Waals surface area contributed by atoms with E-state index >= 15 is 0 Å². The number of amides is 1. The molecule has 0 saturated carbocycles. The molecule has 0 bridgehead atoms. The highest BCUT2D eigenvalue weighted by Gasteiger charge is 2.36. The van der Waals surface area contributed by atoms with E-state index in [0.29, 0.717) is 50.3 Å². The zero-order chi connectivity index (χ0) is 24.9. The highest BCUT2D eigenvalue weighted by atomic mass is 16.5. The number of carbonyl (C=O) groups excluding carboxylic acids is 2. The monoisotopic (exact) mass is 483 g/mol. The molecule has 1 aromatic carbocycles. The van der Waals surface area contributed by atoms with Crippen LogP contribution in [-0.4, -0.2) is 73.2 Å². The van der Waals surface area contributed by atoms with E-state index in [4.69, 9.17) is 14.2 Å². The predicted molar refractivity (Wildman–Crippen MR) is 130 cm³/mol. The lowest BCUT2D eigenvalue weighted by atomic mass is 9.99. The molecule has 9 nitrogen and oxygen atoms in total. The Morgan fingerprint density at radius 1 is 0.971 bits per heavy atom. The van der Waals surface area contributed by atoms with Crippen LogP contribution in [0.25, 0.3) is 0 Å². The summed E-state index contributed by atoms with van der Waals surface area (Å²) in [5.74, 6) is 0.358. The molecular weight excluding hydrogens is 450 g/mol. The lowest BCUT2D eigenvalue weighted by Gasteiger charge is -2.34. The van der Waals surface area contributed by atoms with E-state index in [2.05, 4.69) is 4.90 Å². The largest absolute Gasteiger partial charge is 0.497 e. The Bertz CT molecular complexity index is 1130. The minimum Gasteiger partial charge on any atom is -0.497 e. The maximum Gasteiger partial charge on any atom is 0.328 e. The number of aromatic nitrogens is 1. The number of nitrogens with zero attached hydrogens (tertiary/aromatic N) is 3.